The smallest absolute Gasteiger partial charge is 0.242 e. The highest BCUT2D eigenvalue weighted by molar-refractivity contribution is 7.92. The second-order valence-corrected chi connectivity index (χ2v) is 10.7. The Morgan fingerprint density at radius 2 is 1.63 bits per heavy atom. The second kappa shape index (κ2) is 13.9. The zero-order valence-corrected chi connectivity index (χ0v) is 22.2. The summed E-state index contributed by atoms with van der Waals surface area (Å²) in [5.74, 6) is -0.308. The predicted octanol–water partition coefficient (Wildman–Crippen LogP) is 4.26. The van der Waals surface area contributed by atoms with E-state index in [4.69, 9.17) is 0 Å². The number of para-hydroxylation sites is 1. The number of rotatable bonds is 14. The van der Waals surface area contributed by atoms with Gasteiger partial charge in [0.05, 0.1) is 11.9 Å². The number of hydrogen-bond acceptors (Lipinski definition) is 4. The molecule has 0 aliphatic rings. The lowest BCUT2D eigenvalue weighted by Gasteiger charge is -2.31. The number of carbonyl (C=O) groups is 2. The summed E-state index contributed by atoms with van der Waals surface area (Å²) in [4.78, 5) is 28.1. The summed E-state index contributed by atoms with van der Waals surface area (Å²) in [5.41, 5.74) is 2.61. The number of aryl methyl sites for hydroxylation is 1. The fourth-order valence-corrected chi connectivity index (χ4v) is 4.96. The quantitative estimate of drug-likeness (QED) is 0.392. The van der Waals surface area contributed by atoms with Crippen LogP contribution in [0.4, 0.5) is 5.69 Å². The van der Waals surface area contributed by atoms with Gasteiger partial charge in [-0.25, -0.2) is 8.42 Å². The lowest BCUT2D eigenvalue weighted by molar-refractivity contribution is -0.141. The molecule has 192 valence electrons. The van der Waals surface area contributed by atoms with E-state index < -0.39 is 16.1 Å². The number of carbonyl (C=O) groups excluding carboxylic acids is 2. The number of sulfonamides is 1. The van der Waals surface area contributed by atoms with E-state index in [1.54, 1.807) is 29.2 Å². The minimum absolute atomic E-state index is 0.142. The van der Waals surface area contributed by atoms with Gasteiger partial charge in [-0.2, -0.15) is 0 Å². The number of amides is 2. The molecule has 35 heavy (non-hydrogen) atoms. The average Bonchev–Trinajstić information content (AvgIpc) is 2.82. The first kappa shape index (κ1) is 28.4. The van der Waals surface area contributed by atoms with Crippen molar-refractivity contribution in [3.05, 3.63) is 65.7 Å². The van der Waals surface area contributed by atoms with Crippen molar-refractivity contribution < 1.29 is 18.0 Å². The Morgan fingerprint density at radius 1 is 0.971 bits per heavy atom. The maximum Gasteiger partial charge on any atom is 0.242 e. The number of nitrogens with one attached hydrogen (secondary N) is 1. The molecule has 7 nitrogen and oxygen atoms in total. The highest BCUT2D eigenvalue weighted by Gasteiger charge is 2.29. The number of nitrogens with zero attached hydrogens (tertiary/aromatic N) is 2. The molecular weight excluding hydrogens is 462 g/mol. The van der Waals surface area contributed by atoms with Gasteiger partial charge in [0.25, 0.3) is 0 Å². The van der Waals surface area contributed by atoms with Crippen LogP contribution in [-0.4, -0.2) is 50.5 Å². The molecule has 2 rings (SSSR count). The summed E-state index contributed by atoms with van der Waals surface area (Å²) in [5, 5.41) is 2.97. The molecule has 0 aliphatic carbocycles. The Morgan fingerprint density at radius 3 is 2.23 bits per heavy atom. The molecule has 0 heterocycles. The topological polar surface area (TPSA) is 86.8 Å². The largest absolute Gasteiger partial charge is 0.354 e. The van der Waals surface area contributed by atoms with Crippen LogP contribution >= 0.6 is 0 Å². The first-order valence-corrected chi connectivity index (χ1v) is 14.2. The van der Waals surface area contributed by atoms with E-state index in [2.05, 4.69) is 12.2 Å². The third-order valence-electron chi connectivity index (χ3n) is 6.01. The van der Waals surface area contributed by atoms with E-state index >= 15 is 0 Å². The van der Waals surface area contributed by atoms with E-state index in [9.17, 15) is 18.0 Å². The van der Waals surface area contributed by atoms with Crippen LogP contribution in [0.5, 0.6) is 0 Å². The lowest BCUT2D eigenvalue weighted by Crippen LogP contribution is -2.49. The van der Waals surface area contributed by atoms with Gasteiger partial charge >= 0.3 is 0 Å². The summed E-state index contributed by atoms with van der Waals surface area (Å²) in [6, 6.07) is 16.1. The molecule has 1 N–H and O–H groups in total. The van der Waals surface area contributed by atoms with Crippen LogP contribution in [0.2, 0.25) is 0 Å². The number of anilines is 1. The van der Waals surface area contributed by atoms with Crippen molar-refractivity contribution in [2.24, 2.45) is 0 Å². The molecule has 0 radical (unpaired) electrons. The Kier molecular flexibility index (Phi) is 11.2. The van der Waals surface area contributed by atoms with Crippen LogP contribution in [0.3, 0.4) is 0 Å². The summed E-state index contributed by atoms with van der Waals surface area (Å²) < 4.78 is 26.1. The van der Waals surface area contributed by atoms with Crippen molar-refractivity contribution >= 4 is 27.5 Å². The molecule has 1 atom stereocenters. The summed E-state index contributed by atoms with van der Waals surface area (Å²) in [6.07, 6.45) is 4.01. The third kappa shape index (κ3) is 8.69. The maximum absolute atomic E-state index is 13.4. The molecular formula is C27H39N3O4S. The highest BCUT2D eigenvalue weighted by atomic mass is 32.2. The van der Waals surface area contributed by atoms with Gasteiger partial charge < -0.3 is 10.2 Å². The lowest BCUT2D eigenvalue weighted by atomic mass is 10.1. The van der Waals surface area contributed by atoms with Gasteiger partial charge in [-0.15, -0.1) is 0 Å². The molecule has 2 amide bonds. The van der Waals surface area contributed by atoms with E-state index in [1.807, 2.05) is 44.2 Å². The molecule has 8 heteroatoms. The van der Waals surface area contributed by atoms with Crippen molar-refractivity contribution in [2.45, 2.75) is 65.5 Å². The third-order valence-corrected chi connectivity index (χ3v) is 7.21. The van der Waals surface area contributed by atoms with Crippen molar-refractivity contribution in [3.63, 3.8) is 0 Å². The summed E-state index contributed by atoms with van der Waals surface area (Å²) in [6.45, 7) is 7.06. The second-order valence-electron chi connectivity index (χ2n) is 8.79. The Balaban J connectivity index is 2.19. The Hall–Kier alpha value is -2.87. The van der Waals surface area contributed by atoms with E-state index in [0.717, 1.165) is 24.0 Å². The molecule has 0 saturated heterocycles. The predicted molar refractivity (Wildman–Crippen MR) is 142 cm³/mol. The van der Waals surface area contributed by atoms with E-state index in [0.29, 0.717) is 31.6 Å². The van der Waals surface area contributed by atoms with Gasteiger partial charge in [0.1, 0.15) is 6.04 Å². The first-order valence-electron chi connectivity index (χ1n) is 12.3. The van der Waals surface area contributed by atoms with Gasteiger partial charge in [-0.3, -0.25) is 13.9 Å². The molecule has 2 aromatic carbocycles. The SMILES string of the molecule is CCCCNC(=O)[C@@H](CC)N(Cc1ccccc1C)C(=O)CCCN(c1ccccc1)S(C)(=O)=O. The van der Waals surface area contributed by atoms with Crippen LogP contribution in [-0.2, 0) is 26.2 Å². The molecule has 0 unspecified atom stereocenters. The standard InChI is InChI=1S/C27H39N3O4S/c1-5-7-19-28-27(32)25(6-2)29(21-23-15-12-11-14-22(23)3)26(31)18-13-20-30(35(4,33)34)24-16-9-8-10-17-24/h8-12,14-17,25H,5-7,13,18-21H2,1-4H3,(H,28,32)/t25-/m1/s1. The molecule has 0 saturated carbocycles. The zero-order valence-electron chi connectivity index (χ0n) is 21.4. The van der Waals surface area contributed by atoms with Crippen LogP contribution in [0.15, 0.2) is 54.6 Å². The fourth-order valence-electron chi connectivity index (χ4n) is 3.99. The molecule has 0 bridgehead atoms. The summed E-state index contributed by atoms with van der Waals surface area (Å²) >= 11 is 0. The van der Waals surface area contributed by atoms with Crippen molar-refractivity contribution in [3.8, 4) is 0 Å². The van der Waals surface area contributed by atoms with Crippen LogP contribution in [0.25, 0.3) is 0 Å². The maximum atomic E-state index is 13.4. The van der Waals surface area contributed by atoms with Crippen LogP contribution in [0.1, 0.15) is 57.1 Å². The minimum atomic E-state index is -3.49. The van der Waals surface area contributed by atoms with E-state index in [-0.39, 0.29) is 24.8 Å². The van der Waals surface area contributed by atoms with Gasteiger partial charge in [-0.1, -0.05) is 62.7 Å². The normalized spacial score (nSPS) is 12.1. The van der Waals surface area contributed by atoms with E-state index in [1.165, 1.54) is 10.6 Å². The number of benzene rings is 2. The number of hydrogen-bond donors (Lipinski definition) is 1. The van der Waals surface area contributed by atoms with Gasteiger partial charge in [0, 0.05) is 26.1 Å². The minimum Gasteiger partial charge on any atom is -0.354 e. The van der Waals surface area contributed by atoms with Crippen LogP contribution in [0, 0.1) is 6.92 Å². The molecule has 0 spiro atoms. The summed E-state index contributed by atoms with van der Waals surface area (Å²) in [7, 11) is -3.49. The Labute approximate surface area is 210 Å². The molecule has 0 aliphatic heterocycles. The molecule has 0 aromatic heterocycles. The molecule has 2 aromatic rings. The Bertz CT molecular complexity index is 1060. The van der Waals surface area contributed by atoms with Crippen molar-refractivity contribution in [1.82, 2.24) is 10.2 Å². The number of unbranched alkanes of at least 4 members (excludes halogenated alkanes) is 1. The molecule has 0 fully saturated rings. The zero-order chi connectivity index (χ0) is 25.8. The first-order chi connectivity index (χ1) is 16.7. The van der Waals surface area contributed by atoms with Crippen LogP contribution < -0.4 is 9.62 Å². The van der Waals surface area contributed by atoms with Gasteiger partial charge in [0.2, 0.25) is 21.8 Å². The fraction of sp³-hybridized carbons (Fsp3) is 0.481. The monoisotopic (exact) mass is 501 g/mol. The highest BCUT2D eigenvalue weighted by Crippen LogP contribution is 2.20. The van der Waals surface area contributed by atoms with Gasteiger partial charge in [-0.05, 0) is 49.4 Å². The van der Waals surface area contributed by atoms with Gasteiger partial charge in [0.15, 0.2) is 0 Å². The average molecular weight is 502 g/mol. The van der Waals surface area contributed by atoms with Crippen molar-refractivity contribution in [2.75, 3.05) is 23.7 Å². The van der Waals surface area contributed by atoms with Crippen molar-refractivity contribution in [1.29, 1.82) is 0 Å².